The first kappa shape index (κ1) is 12.4. The number of hydrogen-bond donors (Lipinski definition) is 1. The lowest BCUT2D eigenvalue weighted by Gasteiger charge is -2.13. The third kappa shape index (κ3) is 3.74. The molecule has 1 aromatic rings. The standard InChI is InChI=1S/C10H11BrF3N/c1-6(2)15-9-4-7(10(12,13)14)3-8(11)5-9/h3-6,15H,1-2H3. The van der Waals surface area contributed by atoms with Crippen LogP contribution >= 0.6 is 15.9 Å². The van der Waals surface area contributed by atoms with E-state index < -0.39 is 11.7 Å². The van der Waals surface area contributed by atoms with Crippen LogP contribution in [-0.4, -0.2) is 6.04 Å². The second-order valence-electron chi connectivity index (χ2n) is 3.53. The van der Waals surface area contributed by atoms with Gasteiger partial charge in [-0.25, -0.2) is 0 Å². The maximum Gasteiger partial charge on any atom is 0.416 e. The van der Waals surface area contributed by atoms with E-state index in [0.717, 1.165) is 12.1 Å². The van der Waals surface area contributed by atoms with Crippen molar-refractivity contribution < 1.29 is 13.2 Å². The fraction of sp³-hybridized carbons (Fsp3) is 0.400. The van der Waals surface area contributed by atoms with Gasteiger partial charge in [-0.2, -0.15) is 13.2 Å². The average Bonchev–Trinajstić information content (AvgIpc) is 1.99. The largest absolute Gasteiger partial charge is 0.416 e. The second kappa shape index (κ2) is 4.43. The third-order valence-corrected chi connectivity index (χ3v) is 2.14. The smallest absolute Gasteiger partial charge is 0.383 e. The van der Waals surface area contributed by atoms with Gasteiger partial charge in [-0.15, -0.1) is 0 Å². The van der Waals surface area contributed by atoms with Gasteiger partial charge in [0.05, 0.1) is 5.56 Å². The van der Waals surface area contributed by atoms with Gasteiger partial charge < -0.3 is 5.32 Å². The molecule has 0 amide bonds. The quantitative estimate of drug-likeness (QED) is 0.853. The average molecular weight is 282 g/mol. The minimum atomic E-state index is -4.31. The Morgan fingerprint density at radius 1 is 1.20 bits per heavy atom. The zero-order valence-electron chi connectivity index (χ0n) is 8.32. The molecule has 0 spiro atoms. The summed E-state index contributed by atoms with van der Waals surface area (Å²) in [5, 5.41) is 2.93. The normalized spacial score (nSPS) is 11.9. The van der Waals surface area contributed by atoms with Crippen LogP contribution in [0, 0.1) is 0 Å². The van der Waals surface area contributed by atoms with Gasteiger partial charge in [-0.1, -0.05) is 15.9 Å². The van der Waals surface area contributed by atoms with Gasteiger partial charge in [0.1, 0.15) is 0 Å². The molecule has 0 radical (unpaired) electrons. The van der Waals surface area contributed by atoms with Crippen molar-refractivity contribution in [2.75, 3.05) is 5.32 Å². The van der Waals surface area contributed by atoms with Crippen molar-refractivity contribution >= 4 is 21.6 Å². The van der Waals surface area contributed by atoms with Gasteiger partial charge in [0.25, 0.3) is 0 Å². The number of hydrogen-bond acceptors (Lipinski definition) is 1. The Hall–Kier alpha value is -0.710. The van der Waals surface area contributed by atoms with E-state index in [1.165, 1.54) is 0 Å². The summed E-state index contributed by atoms with van der Waals surface area (Å²) in [6.07, 6.45) is -4.31. The number of halogens is 4. The summed E-state index contributed by atoms with van der Waals surface area (Å²) in [5.41, 5.74) is -0.188. The van der Waals surface area contributed by atoms with Crippen LogP contribution in [0.1, 0.15) is 19.4 Å². The number of alkyl halides is 3. The molecule has 84 valence electrons. The predicted octanol–water partition coefficient (Wildman–Crippen LogP) is 4.29. The Bertz CT molecular complexity index is 347. The van der Waals surface area contributed by atoms with E-state index in [9.17, 15) is 13.2 Å². The van der Waals surface area contributed by atoms with Gasteiger partial charge >= 0.3 is 6.18 Å². The molecule has 0 saturated carbocycles. The van der Waals surface area contributed by atoms with Crippen LogP contribution in [-0.2, 0) is 6.18 Å². The van der Waals surface area contributed by atoms with E-state index in [0.29, 0.717) is 10.2 Å². The molecule has 15 heavy (non-hydrogen) atoms. The maximum atomic E-state index is 12.4. The molecular weight excluding hydrogens is 271 g/mol. The van der Waals surface area contributed by atoms with Gasteiger partial charge in [-0.05, 0) is 32.0 Å². The number of rotatable bonds is 2. The fourth-order valence-corrected chi connectivity index (χ4v) is 1.66. The maximum absolute atomic E-state index is 12.4. The van der Waals surface area contributed by atoms with Crippen molar-refractivity contribution in [3.8, 4) is 0 Å². The summed E-state index contributed by atoms with van der Waals surface area (Å²) in [5.74, 6) is 0. The molecule has 5 heteroatoms. The first-order valence-corrected chi connectivity index (χ1v) is 5.22. The summed E-state index contributed by atoms with van der Waals surface area (Å²) in [6.45, 7) is 3.74. The van der Waals surface area contributed by atoms with E-state index >= 15 is 0 Å². The molecule has 1 nitrogen and oxygen atoms in total. The molecule has 0 heterocycles. The minimum Gasteiger partial charge on any atom is -0.383 e. The number of nitrogens with one attached hydrogen (secondary N) is 1. The third-order valence-electron chi connectivity index (χ3n) is 1.68. The summed E-state index contributed by atoms with van der Waals surface area (Å²) in [7, 11) is 0. The van der Waals surface area contributed by atoms with Crippen molar-refractivity contribution in [1.29, 1.82) is 0 Å². The summed E-state index contributed by atoms with van der Waals surface area (Å²) in [4.78, 5) is 0. The van der Waals surface area contributed by atoms with Gasteiger partial charge in [-0.3, -0.25) is 0 Å². The molecular formula is C10H11BrF3N. The minimum absolute atomic E-state index is 0.0976. The van der Waals surface area contributed by atoms with Crippen LogP contribution in [0.2, 0.25) is 0 Å². The van der Waals surface area contributed by atoms with E-state index in [1.807, 2.05) is 13.8 Å². The van der Waals surface area contributed by atoms with Crippen LogP contribution in [0.25, 0.3) is 0 Å². The van der Waals surface area contributed by atoms with Crippen LogP contribution in [0.4, 0.5) is 18.9 Å². The highest BCUT2D eigenvalue weighted by atomic mass is 79.9. The molecule has 1 N–H and O–H groups in total. The fourth-order valence-electron chi connectivity index (χ4n) is 1.17. The van der Waals surface area contributed by atoms with E-state index in [2.05, 4.69) is 21.2 Å². The van der Waals surface area contributed by atoms with Crippen LogP contribution in [0.15, 0.2) is 22.7 Å². The number of anilines is 1. The molecule has 0 bridgehead atoms. The number of benzene rings is 1. The van der Waals surface area contributed by atoms with Crippen LogP contribution in [0.3, 0.4) is 0 Å². The van der Waals surface area contributed by atoms with E-state index in [-0.39, 0.29) is 6.04 Å². The summed E-state index contributed by atoms with van der Waals surface area (Å²) < 4.78 is 37.7. The molecule has 0 saturated heterocycles. The van der Waals surface area contributed by atoms with Crippen LogP contribution in [0.5, 0.6) is 0 Å². The van der Waals surface area contributed by atoms with Crippen molar-refractivity contribution in [3.05, 3.63) is 28.2 Å². The Kier molecular flexibility index (Phi) is 3.65. The molecule has 0 unspecified atom stereocenters. The van der Waals surface area contributed by atoms with Crippen LogP contribution < -0.4 is 5.32 Å². The molecule has 0 aliphatic rings. The first-order valence-electron chi connectivity index (χ1n) is 4.43. The lowest BCUT2D eigenvalue weighted by atomic mass is 10.2. The van der Waals surface area contributed by atoms with Crippen molar-refractivity contribution in [2.24, 2.45) is 0 Å². The topological polar surface area (TPSA) is 12.0 Å². The van der Waals surface area contributed by atoms with Gasteiger partial charge in [0, 0.05) is 16.2 Å². The zero-order valence-corrected chi connectivity index (χ0v) is 9.91. The molecule has 1 rings (SSSR count). The van der Waals surface area contributed by atoms with Gasteiger partial charge in [0.15, 0.2) is 0 Å². The molecule has 0 atom stereocenters. The summed E-state index contributed by atoms with van der Waals surface area (Å²) >= 11 is 3.06. The Balaban J connectivity index is 3.06. The molecule has 0 aromatic heterocycles. The second-order valence-corrected chi connectivity index (χ2v) is 4.44. The van der Waals surface area contributed by atoms with E-state index in [4.69, 9.17) is 0 Å². The monoisotopic (exact) mass is 281 g/mol. The van der Waals surface area contributed by atoms with Crippen molar-refractivity contribution in [3.63, 3.8) is 0 Å². The van der Waals surface area contributed by atoms with Crippen molar-refractivity contribution in [2.45, 2.75) is 26.1 Å². The van der Waals surface area contributed by atoms with Crippen molar-refractivity contribution in [1.82, 2.24) is 0 Å². The highest BCUT2D eigenvalue weighted by Gasteiger charge is 2.31. The Morgan fingerprint density at radius 2 is 1.80 bits per heavy atom. The Morgan fingerprint density at radius 3 is 2.27 bits per heavy atom. The first-order chi connectivity index (χ1) is 6.79. The lowest BCUT2D eigenvalue weighted by Crippen LogP contribution is -2.11. The molecule has 0 aliphatic carbocycles. The Labute approximate surface area is 94.8 Å². The zero-order chi connectivity index (χ0) is 11.6. The molecule has 0 aliphatic heterocycles. The predicted molar refractivity (Wildman–Crippen MR) is 57.9 cm³/mol. The van der Waals surface area contributed by atoms with E-state index in [1.54, 1.807) is 6.07 Å². The molecule has 1 aromatic carbocycles. The SMILES string of the molecule is CC(C)Nc1cc(Br)cc(C(F)(F)F)c1. The highest BCUT2D eigenvalue weighted by molar-refractivity contribution is 9.10. The molecule has 0 fully saturated rings. The highest BCUT2D eigenvalue weighted by Crippen LogP contribution is 2.33. The summed E-state index contributed by atoms with van der Waals surface area (Å²) in [6, 6.07) is 3.88. The van der Waals surface area contributed by atoms with Gasteiger partial charge in [0.2, 0.25) is 0 Å². The lowest BCUT2D eigenvalue weighted by molar-refractivity contribution is -0.137.